The monoisotopic (exact) mass is 287 g/mol. The van der Waals surface area contributed by atoms with Crippen LogP contribution in [0.15, 0.2) is 52.8 Å². The van der Waals surface area contributed by atoms with Gasteiger partial charge < -0.3 is 20.4 Å². The summed E-state index contributed by atoms with van der Waals surface area (Å²) in [6.45, 7) is 0. The van der Waals surface area contributed by atoms with Gasteiger partial charge in [0.25, 0.3) is 0 Å². The molecule has 0 aliphatic heterocycles. The number of ketones is 1. The number of nitrogens with two attached hydrogens (primary N) is 1. The highest BCUT2D eigenvalue weighted by molar-refractivity contribution is 6.07. The molecule has 0 radical (unpaired) electrons. The molecule has 1 aromatic heterocycles. The number of furan rings is 1. The predicted molar refractivity (Wildman–Crippen MR) is 75.0 cm³/mol. The highest BCUT2D eigenvalue weighted by Crippen LogP contribution is 2.15. The number of anilines is 1. The summed E-state index contributed by atoms with van der Waals surface area (Å²) < 4.78 is 5.25. The van der Waals surface area contributed by atoms with E-state index in [-0.39, 0.29) is 5.56 Å². The zero-order valence-electron chi connectivity index (χ0n) is 10.9. The Morgan fingerprint density at radius 2 is 1.86 bits per heavy atom. The Bertz CT molecular complexity index is 697. The minimum Gasteiger partial charge on any atom is -0.502 e. The second kappa shape index (κ2) is 5.96. The molecule has 0 fully saturated rings. The molecule has 0 spiro atoms. The number of carbonyl (C=O) groups is 2. The third kappa shape index (κ3) is 3.73. The lowest BCUT2D eigenvalue weighted by Gasteiger charge is -1.98. The minimum atomic E-state index is -1.56. The van der Waals surface area contributed by atoms with Crippen LogP contribution in [0, 0.1) is 0 Å². The SMILES string of the molecule is Nc1ccc(Cc2cc(C(=O)/C=C(\O)C(=O)O)co2)cc1. The quantitative estimate of drug-likeness (QED) is 0.336. The lowest BCUT2D eigenvalue weighted by molar-refractivity contribution is -0.135. The Labute approximate surface area is 120 Å². The van der Waals surface area contributed by atoms with E-state index in [0.29, 0.717) is 23.9 Å². The van der Waals surface area contributed by atoms with Gasteiger partial charge in [-0.05, 0) is 23.8 Å². The Balaban J connectivity index is 2.11. The van der Waals surface area contributed by atoms with E-state index in [2.05, 4.69) is 0 Å². The van der Waals surface area contributed by atoms with Crippen molar-refractivity contribution >= 4 is 17.4 Å². The summed E-state index contributed by atoms with van der Waals surface area (Å²) in [4.78, 5) is 22.1. The number of carboxylic acids is 1. The predicted octanol–water partition coefficient (Wildman–Crippen LogP) is 2.16. The third-order valence-corrected chi connectivity index (χ3v) is 2.78. The van der Waals surface area contributed by atoms with Gasteiger partial charge in [0.15, 0.2) is 5.78 Å². The largest absolute Gasteiger partial charge is 0.502 e. The number of benzene rings is 1. The smallest absolute Gasteiger partial charge is 0.371 e. The van der Waals surface area contributed by atoms with E-state index in [4.69, 9.17) is 20.4 Å². The maximum Gasteiger partial charge on any atom is 0.371 e. The average Bonchev–Trinajstić information content (AvgIpc) is 2.90. The second-order valence-corrected chi connectivity index (χ2v) is 4.42. The summed E-state index contributed by atoms with van der Waals surface area (Å²) in [5.41, 5.74) is 7.38. The number of aliphatic hydroxyl groups excluding tert-OH is 1. The first-order valence-corrected chi connectivity index (χ1v) is 6.06. The first-order valence-electron chi connectivity index (χ1n) is 6.06. The molecule has 2 aromatic rings. The summed E-state index contributed by atoms with van der Waals surface area (Å²) >= 11 is 0. The summed E-state index contributed by atoms with van der Waals surface area (Å²) in [6, 6.07) is 8.71. The number of hydrogen-bond donors (Lipinski definition) is 3. The van der Waals surface area contributed by atoms with Crippen LogP contribution in [0.1, 0.15) is 21.7 Å². The first-order chi connectivity index (χ1) is 9.95. The summed E-state index contributed by atoms with van der Waals surface area (Å²) in [6.07, 6.45) is 2.34. The molecule has 0 atom stereocenters. The number of allylic oxidation sites excluding steroid dienone is 1. The number of nitrogen functional groups attached to an aromatic ring is 1. The van der Waals surface area contributed by atoms with Crippen molar-refractivity contribution in [3.8, 4) is 0 Å². The average molecular weight is 287 g/mol. The fraction of sp³-hybridized carbons (Fsp3) is 0.0667. The molecule has 108 valence electrons. The molecule has 6 nitrogen and oxygen atoms in total. The van der Waals surface area contributed by atoms with Crippen LogP contribution >= 0.6 is 0 Å². The molecular weight excluding hydrogens is 274 g/mol. The fourth-order valence-corrected chi connectivity index (χ4v) is 1.71. The van der Waals surface area contributed by atoms with Crippen LogP contribution in [0.5, 0.6) is 0 Å². The maximum absolute atomic E-state index is 11.7. The highest BCUT2D eigenvalue weighted by atomic mass is 16.4. The van der Waals surface area contributed by atoms with Crippen molar-refractivity contribution in [1.29, 1.82) is 0 Å². The van der Waals surface area contributed by atoms with Gasteiger partial charge in [-0.15, -0.1) is 0 Å². The van der Waals surface area contributed by atoms with E-state index < -0.39 is 17.5 Å². The first kappa shape index (κ1) is 14.4. The molecular formula is C15H13NO5. The molecule has 1 aromatic carbocycles. The van der Waals surface area contributed by atoms with Crippen molar-refractivity contribution in [1.82, 2.24) is 0 Å². The standard InChI is InChI=1S/C15H13NO5/c16-11-3-1-9(2-4-11)5-12-6-10(8-21-12)13(17)7-14(18)15(19)20/h1-4,6-8,18H,5,16H2,(H,19,20)/b14-7-. The topological polar surface area (TPSA) is 114 Å². The molecule has 0 bridgehead atoms. The molecule has 6 heteroatoms. The molecule has 4 N–H and O–H groups in total. The number of carbonyl (C=O) groups excluding carboxylic acids is 1. The molecule has 0 saturated carbocycles. The van der Waals surface area contributed by atoms with Gasteiger partial charge in [-0.3, -0.25) is 4.79 Å². The number of hydrogen-bond acceptors (Lipinski definition) is 5. The van der Waals surface area contributed by atoms with Crippen LogP contribution in [0.2, 0.25) is 0 Å². The Morgan fingerprint density at radius 3 is 2.48 bits per heavy atom. The van der Waals surface area contributed by atoms with Gasteiger partial charge in [0.2, 0.25) is 5.76 Å². The molecule has 0 aliphatic carbocycles. The van der Waals surface area contributed by atoms with Crippen LogP contribution < -0.4 is 5.73 Å². The maximum atomic E-state index is 11.7. The summed E-state index contributed by atoms with van der Waals surface area (Å²) in [7, 11) is 0. The number of aliphatic carboxylic acids is 1. The van der Waals surface area contributed by atoms with Crippen LogP contribution in [0.4, 0.5) is 5.69 Å². The lowest BCUT2D eigenvalue weighted by Crippen LogP contribution is -2.03. The van der Waals surface area contributed by atoms with Crippen molar-refractivity contribution < 1.29 is 24.2 Å². The van der Waals surface area contributed by atoms with E-state index in [9.17, 15) is 9.59 Å². The van der Waals surface area contributed by atoms with E-state index >= 15 is 0 Å². The van der Waals surface area contributed by atoms with Gasteiger partial charge in [-0.25, -0.2) is 4.79 Å². The van der Waals surface area contributed by atoms with Gasteiger partial charge in [0.05, 0.1) is 5.56 Å². The van der Waals surface area contributed by atoms with Crippen molar-refractivity contribution in [3.63, 3.8) is 0 Å². The van der Waals surface area contributed by atoms with Gasteiger partial charge in [-0.1, -0.05) is 12.1 Å². The van der Waals surface area contributed by atoms with Gasteiger partial charge in [0.1, 0.15) is 12.0 Å². The van der Waals surface area contributed by atoms with E-state index in [0.717, 1.165) is 5.56 Å². The summed E-state index contributed by atoms with van der Waals surface area (Å²) in [5, 5.41) is 17.5. The van der Waals surface area contributed by atoms with E-state index in [1.807, 2.05) is 12.1 Å². The van der Waals surface area contributed by atoms with Crippen LogP contribution in [0.3, 0.4) is 0 Å². The molecule has 0 unspecified atom stereocenters. The Morgan fingerprint density at radius 1 is 1.19 bits per heavy atom. The van der Waals surface area contributed by atoms with Crippen LogP contribution in [-0.2, 0) is 11.2 Å². The van der Waals surface area contributed by atoms with Crippen LogP contribution in [0.25, 0.3) is 0 Å². The van der Waals surface area contributed by atoms with Gasteiger partial charge in [0, 0.05) is 18.2 Å². The highest BCUT2D eigenvalue weighted by Gasteiger charge is 2.12. The lowest BCUT2D eigenvalue weighted by atomic mass is 10.1. The Kier molecular flexibility index (Phi) is 4.08. The number of rotatable bonds is 5. The van der Waals surface area contributed by atoms with Crippen LogP contribution in [-0.4, -0.2) is 22.0 Å². The van der Waals surface area contributed by atoms with E-state index in [1.165, 1.54) is 12.3 Å². The molecule has 0 amide bonds. The zero-order chi connectivity index (χ0) is 15.4. The Hall–Kier alpha value is -3.02. The van der Waals surface area contributed by atoms with Crippen molar-refractivity contribution in [3.05, 3.63) is 65.3 Å². The van der Waals surface area contributed by atoms with Gasteiger partial charge in [-0.2, -0.15) is 0 Å². The number of carboxylic acid groups (broad SMARTS) is 1. The van der Waals surface area contributed by atoms with Gasteiger partial charge >= 0.3 is 5.97 Å². The summed E-state index contributed by atoms with van der Waals surface area (Å²) in [5.74, 6) is -2.66. The zero-order valence-corrected chi connectivity index (χ0v) is 10.9. The fourth-order valence-electron chi connectivity index (χ4n) is 1.71. The molecule has 0 saturated heterocycles. The van der Waals surface area contributed by atoms with Crippen molar-refractivity contribution in [2.75, 3.05) is 5.73 Å². The molecule has 0 aliphatic rings. The molecule has 21 heavy (non-hydrogen) atoms. The second-order valence-electron chi connectivity index (χ2n) is 4.42. The van der Waals surface area contributed by atoms with Crippen molar-refractivity contribution in [2.24, 2.45) is 0 Å². The normalized spacial score (nSPS) is 11.3. The van der Waals surface area contributed by atoms with Crippen molar-refractivity contribution in [2.45, 2.75) is 6.42 Å². The van der Waals surface area contributed by atoms with E-state index in [1.54, 1.807) is 12.1 Å². The molecule has 1 heterocycles. The third-order valence-electron chi connectivity index (χ3n) is 2.78. The number of aliphatic hydroxyl groups is 1. The minimum absolute atomic E-state index is 0.174. The molecule has 2 rings (SSSR count).